The van der Waals surface area contributed by atoms with Crippen LogP contribution in [0.1, 0.15) is 5.56 Å². The van der Waals surface area contributed by atoms with Gasteiger partial charge in [-0.3, -0.25) is 0 Å². The van der Waals surface area contributed by atoms with Gasteiger partial charge in [0, 0.05) is 0 Å². The SMILES string of the molecule is Cc1cc(Br)c([N+]#N)cc1Cl. The summed E-state index contributed by atoms with van der Waals surface area (Å²) in [4.78, 5) is 3.04. The third-order valence-electron chi connectivity index (χ3n) is 1.34. The molecule has 11 heavy (non-hydrogen) atoms. The van der Waals surface area contributed by atoms with E-state index < -0.39 is 0 Å². The Labute approximate surface area is 77.9 Å². The molecule has 0 aliphatic carbocycles. The Bertz CT molecular complexity index is 330. The molecule has 1 aromatic rings. The summed E-state index contributed by atoms with van der Waals surface area (Å²) in [6.45, 7) is 1.88. The van der Waals surface area contributed by atoms with Gasteiger partial charge in [-0.15, -0.1) is 0 Å². The smallest absolute Gasteiger partial charge is 0.0837 e. The summed E-state index contributed by atoms with van der Waals surface area (Å²) < 4.78 is 0.738. The van der Waals surface area contributed by atoms with Gasteiger partial charge >= 0.3 is 5.69 Å². The summed E-state index contributed by atoms with van der Waals surface area (Å²) in [7, 11) is 0. The summed E-state index contributed by atoms with van der Waals surface area (Å²) in [6.07, 6.45) is 0. The lowest BCUT2D eigenvalue weighted by atomic mass is 10.2. The number of hydrogen-bond acceptors (Lipinski definition) is 1. The molecule has 56 valence electrons. The molecule has 0 aliphatic rings. The highest BCUT2D eigenvalue weighted by Crippen LogP contribution is 2.30. The van der Waals surface area contributed by atoms with Gasteiger partial charge in [-0.25, -0.2) is 0 Å². The minimum Gasteiger partial charge on any atom is -0.0837 e. The van der Waals surface area contributed by atoms with Crippen LogP contribution in [0.25, 0.3) is 4.98 Å². The third-order valence-corrected chi connectivity index (χ3v) is 2.38. The molecule has 4 heteroatoms. The highest BCUT2D eigenvalue weighted by atomic mass is 79.9. The summed E-state index contributed by atoms with van der Waals surface area (Å²) >= 11 is 9.00. The zero-order valence-electron chi connectivity index (χ0n) is 5.81. The Morgan fingerprint density at radius 2 is 2.18 bits per heavy atom. The van der Waals surface area contributed by atoms with Gasteiger partial charge < -0.3 is 0 Å². The van der Waals surface area contributed by atoms with Crippen molar-refractivity contribution >= 4 is 33.2 Å². The highest BCUT2D eigenvalue weighted by Gasteiger charge is 2.13. The second-order valence-corrected chi connectivity index (χ2v) is 3.41. The molecule has 0 aliphatic heterocycles. The van der Waals surface area contributed by atoms with E-state index in [1.165, 1.54) is 0 Å². The van der Waals surface area contributed by atoms with Crippen LogP contribution in [-0.2, 0) is 0 Å². The van der Waals surface area contributed by atoms with Gasteiger partial charge in [0.15, 0.2) is 4.98 Å². The van der Waals surface area contributed by atoms with Crippen molar-refractivity contribution in [3.05, 3.63) is 32.2 Å². The van der Waals surface area contributed by atoms with Gasteiger partial charge in [-0.1, -0.05) is 11.6 Å². The molecule has 1 aromatic carbocycles. The van der Waals surface area contributed by atoms with Crippen molar-refractivity contribution < 1.29 is 0 Å². The number of diazo groups is 1. The molecule has 2 nitrogen and oxygen atoms in total. The molecule has 0 spiro atoms. The van der Waals surface area contributed by atoms with E-state index in [1.807, 2.05) is 6.92 Å². The van der Waals surface area contributed by atoms with Crippen molar-refractivity contribution in [1.29, 1.82) is 5.39 Å². The average molecular weight is 232 g/mol. The maximum Gasteiger partial charge on any atom is 0.400 e. The Kier molecular flexibility index (Phi) is 2.48. The monoisotopic (exact) mass is 231 g/mol. The molecule has 0 saturated heterocycles. The zero-order valence-corrected chi connectivity index (χ0v) is 8.15. The Morgan fingerprint density at radius 3 is 2.73 bits per heavy atom. The van der Waals surface area contributed by atoms with Crippen molar-refractivity contribution in [2.45, 2.75) is 6.92 Å². The molecular weight excluding hydrogens is 227 g/mol. The number of aryl methyl sites for hydroxylation is 1. The standard InChI is InChI=1S/C7H5BrClN2/c1-4-2-5(8)7(11-10)3-6(4)9/h2-3H,1H3/q+1. The molecule has 0 fully saturated rings. The maximum atomic E-state index is 8.47. The first-order valence-corrected chi connectivity index (χ1v) is 4.13. The first kappa shape index (κ1) is 8.51. The van der Waals surface area contributed by atoms with Crippen LogP contribution < -0.4 is 0 Å². The number of hydrogen-bond donors (Lipinski definition) is 0. The second-order valence-electron chi connectivity index (χ2n) is 2.15. The van der Waals surface area contributed by atoms with Gasteiger partial charge in [0.1, 0.15) is 4.47 Å². The van der Waals surface area contributed by atoms with E-state index in [2.05, 4.69) is 20.9 Å². The van der Waals surface area contributed by atoms with Crippen LogP contribution in [0, 0.1) is 12.3 Å². The first-order chi connectivity index (χ1) is 5.15. The van der Waals surface area contributed by atoms with Gasteiger partial charge in [0.25, 0.3) is 0 Å². The van der Waals surface area contributed by atoms with E-state index in [4.69, 9.17) is 17.0 Å². The van der Waals surface area contributed by atoms with Gasteiger partial charge in [-0.05, 0) is 34.5 Å². The quantitative estimate of drug-likeness (QED) is 0.624. The third kappa shape index (κ3) is 1.70. The van der Waals surface area contributed by atoms with Gasteiger partial charge in [0.05, 0.1) is 11.1 Å². The molecule has 0 saturated carbocycles. The van der Waals surface area contributed by atoms with E-state index in [0.717, 1.165) is 10.0 Å². The van der Waals surface area contributed by atoms with Crippen LogP contribution in [-0.4, -0.2) is 0 Å². The van der Waals surface area contributed by atoms with Crippen LogP contribution >= 0.6 is 27.5 Å². The summed E-state index contributed by atoms with van der Waals surface area (Å²) in [5.74, 6) is 0. The molecule has 0 atom stereocenters. The Morgan fingerprint density at radius 1 is 1.55 bits per heavy atom. The number of rotatable bonds is 0. The molecule has 0 heterocycles. The normalized spacial score (nSPS) is 9.27. The second kappa shape index (κ2) is 3.21. The van der Waals surface area contributed by atoms with Crippen LogP contribution in [0.4, 0.5) is 5.69 Å². The first-order valence-electron chi connectivity index (χ1n) is 2.96. The topological polar surface area (TPSA) is 28.1 Å². The summed E-state index contributed by atoms with van der Waals surface area (Å²) in [6, 6.07) is 3.40. The minimum absolute atomic E-state index is 0.445. The van der Waals surface area contributed by atoms with Crippen molar-refractivity contribution in [2.24, 2.45) is 0 Å². The van der Waals surface area contributed by atoms with Crippen LogP contribution in [0.15, 0.2) is 16.6 Å². The molecule has 0 amide bonds. The van der Waals surface area contributed by atoms with E-state index in [0.29, 0.717) is 10.7 Å². The fourth-order valence-corrected chi connectivity index (χ4v) is 1.41. The van der Waals surface area contributed by atoms with E-state index in [9.17, 15) is 0 Å². The molecule has 0 N–H and O–H groups in total. The molecule has 0 radical (unpaired) electrons. The number of nitrogens with zero attached hydrogens (tertiary/aromatic N) is 2. The fraction of sp³-hybridized carbons (Fsp3) is 0.143. The van der Waals surface area contributed by atoms with E-state index in [1.54, 1.807) is 12.1 Å². The fourth-order valence-electron chi connectivity index (χ4n) is 0.712. The Hall–Kier alpha value is -0.590. The number of benzene rings is 1. The minimum atomic E-state index is 0.445. The van der Waals surface area contributed by atoms with Crippen molar-refractivity contribution in [1.82, 2.24) is 0 Å². The lowest BCUT2D eigenvalue weighted by Crippen LogP contribution is -1.74. The summed E-state index contributed by atoms with van der Waals surface area (Å²) in [5.41, 5.74) is 1.39. The van der Waals surface area contributed by atoms with Crippen LogP contribution in [0.5, 0.6) is 0 Å². The zero-order chi connectivity index (χ0) is 8.43. The van der Waals surface area contributed by atoms with Crippen LogP contribution in [0.2, 0.25) is 5.02 Å². The van der Waals surface area contributed by atoms with E-state index >= 15 is 0 Å². The van der Waals surface area contributed by atoms with E-state index in [-0.39, 0.29) is 0 Å². The molecule has 0 bridgehead atoms. The molecule has 1 rings (SSSR count). The molecule has 0 unspecified atom stereocenters. The molecular formula is C7H5BrClN2+. The largest absolute Gasteiger partial charge is 0.400 e. The molecule has 0 aromatic heterocycles. The van der Waals surface area contributed by atoms with Gasteiger partial charge in [-0.2, -0.15) is 0 Å². The van der Waals surface area contributed by atoms with Crippen molar-refractivity contribution in [3.63, 3.8) is 0 Å². The Balaban J connectivity index is 3.35. The number of halogens is 2. The van der Waals surface area contributed by atoms with Crippen LogP contribution in [0.3, 0.4) is 0 Å². The predicted octanol–water partition coefficient (Wildman–Crippen LogP) is 3.90. The van der Waals surface area contributed by atoms with Crippen molar-refractivity contribution in [3.8, 4) is 0 Å². The van der Waals surface area contributed by atoms with Gasteiger partial charge in [0.2, 0.25) is 5.39 Å². The highest BCUT2D eigenvalue weighted by molar-refractivity contribution is 9.10. The average Bonchev–Trinajstić information content (AvgIpc) is 1.97. The summed E-state index contributed by atoms with van der Waals surface area (Å²) in [5, 5.41) is 9.07. The lowest BCUT2D eigenvalue weighted by Gasteiger charge is -1.93. The maximum absolute atomic E-state index is 8.47. The predicted molar refractivity (Wildman–Crippen MR) is 48.6 cm³/mol. The lowest BCUT2D eigenvalue weighted by molar-refractivity contribution is 1.42. The van der Waals surface area contributed by atoms with Crippen molar-refractivity contribution in [2.75, 3.05) is 0 Å².